The van der Waals surface area contributed by atoms with Crippen molar-refractivity contribution in [2.75, 3.05) is 12.3 Å². The minimum atomic E-state index is -0.522. The molecule has 0 unspecified atom stereocenters. The second kappa shape index (κ2) is 7.10. The normalized spacial score (nSPS) is 11.8. The minimum Gasteiger partial charge on any atom is -0.312 e. The van der Waals surface area contributed by atoms with Crippen molar-refractivity contribution in [2.24, 2.45) is 0 Å². The summed E-state index contributed by atoms with van der Waals surface area (Å²) in [5, 5.41) is 3.41. The summed E-state index contributed by atoms with van der Waals surface area (Å²) in [6.07, 6.45) is 2.08. The molecule has 0 aliphatic rings. The summed E-state index contributed by atoms with van der Waals surface area (Å²) in [6, 6.07) is 3.73. The molecule has 1 aromatic rings. The van der Waals surface area contributed by atoms with E-state index in [4.69, 9.17) is 0 Å². The van der Waals surface area contributed by atoms with Gasteiger partial charge >= 0.3 is 0 Å². The lowest BCUT2D eigenvalue weighted by Gasteiger charge is -2.20. The van der Waals surface area contributed by atoms with Crippen LogP contribution in [-0.2, 0) is 0 Å². The molecule has 1 aromatic carbocycles. The van der Waals surface area contributed by atoms with Gasteiger partial charge in [0.15, 0.2) is 0 Å². The van der Waals surface area contributed by atoms with Crippen LogP contribution in [0.15, 0.2) is 23.1 Å². The average Bonchev–Trinajstić information content (AvgIpc) is 2.24. The maximum atomic E-state index is 13.3. The molecule has 0 spiro atoms. The molecular formula is C14H21F2NS. The van der Waals surface area contributed by atoms with Gasteiger partial charge in [0.2, 0.25) is 0 Å². The summed E-state index contributed by atoms with van der Waals surface area (Å²) < 4.78 is 26.0. The highest BCUT2D eigenvalue weighted by Gasteiger charge is 2.07. The summed E-state index contributed by atoms with van der Waals surface area (Å²) >= 11 is 1.44. The molecule has 0 amide bonds. The maximum Gasteiger partial charge on any atom is 0.139 e. The Kier molecular flexibility index (Phi) is 6.09. The van der Waals surface area contributed by atoms with Crippen molar-refractivity contribution < 1.29 is 8.78 Å². The van der Waals surface area contributed by atoms with E-state index in [1.54, 1.807) is 0 Å². The molecule has 0 bridgehead atoms. The third-order valence-electron chi connectivity index (χ3n) is 2.38. The van der Waals surface area contributed by atoms with Crippen molar-refractivity contribution in [2.45, 2.75) is 44.0 Å². The lowest BCUT2D eigenvalue weighted by atomic mass is 10.1. The van der Waals surface area contributed by atoms with Gasteiger partial charge in [-0.3, -0.25) is 0 Å². The zero-order valence-corrected chi connectivity index (χ0v) is 12.0. The fourth-order valence-corrected chi connectivity index (χ4v) is 2.39. The standard InChI is InChI=1S/C14H21F2NS/c1-14(2,3)17-8-4-5-9-18-13-7-6-11(15)10-12(13)16/h6-7,10,17H,4-5,8-9H2,1-3H3. The van der Waals surface area contributed by atoms with Gasteiger partial charge in [-0.05, 0) is 58.0 Å². The number of thioether (sulfide) groups is 1. The number of hydrogen-bond acceptors (Lipinski definition) is 2. The predicted octanol–water partition coefficient (Wildman–Crippen LogP) is 4.23. The Morgan fingerprint density at radius 1 is 1.17 bits per heavy atom. The molecule has 0 saturated heterocycles. The van der Waals surface area contributed by atoms with Gasteiger partial charge in [-0.2, -0.15) is 0 Å². The van der Waals surface area contributed by atoms with Crippen molar-refractivity contribution in [1.82, 2.24) is 5.32 Å². The van der Waals surface area contributed by atoms with E-state index in [1.165, 1.54) is 23.9 Å². The van der Waals surface area contributed by atoms with E-state index >= 15 is 0 Å². The number of halogens is 2. The first-order valence-electron chi connectivity index (χ1n) is 6.21. The third kappa shape index (κ3) is 6.36. The van der Waals surface area contributed by atoms with Crippen LogP contribution < -0.4 is 5.32 Å². The Balaban J connectivity index is 2.18. The maximum absolute atomic E-state index is 13.3. The van der Waals surface area contributed by atoms with Crippen molar-refractivity contribution in [3.8, 4) is 0 Å². The van der Waals surface area contributed by atoms with Crippen molar-refractivity contribution in [3.63, 3.8) is 0 Å². The van der Waals surface area contributed by atoms with Crippen LogP contribution in [0.5, 0.6) is 0 Å². The number of benzene rings is 1. The summed E-state index contributed by atoms with van der Waals surface area (Å²) in [6.45, 7) is 7.37. The molecule has 18 heavy (non-hydrogen) atoms. The van der Waals surface area contributed by atoms with Crippen molar-refractivity contribution in [3.05, 3.63) is 29.8 Å². The van der Waals surface area contributed by atoms with E-state index < -0.39 is 11.6 Å². The van der Waals surface area contributed by atoms with Crippen LogP contribution in [0.3, 0.4) is 0 Å². The average molecular weight is 273 g/mol. The van der Waals surface area contributed by atoms with Gasteiger partial charge in [0, 0.05) is 16.5 Å². The SMILES string of the molecule is CC(C)(C)NCCCCSc1ccc(F)cc1F. The van der Waals surface area contributed by atoms with E-state index in [9.17, 15) is 8.78 Å². The molecule has 102 valence electrons. The monoisotopic (exact) mass is 273 g/mol. The molecule has 0 radical (unpaired) electrons. The molecule has 0 fully saturated rings. The van der Waals surface area contributed by atoms with Crippen LogP contribution in [0.25, 0.3) is 0 Å². The van der Waals surface area contributed by atoms with Gasteiger partial charge in [-0.15, -0.1) is 11.8 Å². The fraction of sp³-hybridized carbons (Fsp3) is 0.571. The highest BCUT2D eigenvalue weighted by molar-refractivity contribution is 7.99. The van der Waals surface area contributed by atoms with Gasteiger partial charge in [-0.1, -0.05) is 0 Å². The first-order valence-corrected chi connectivity index (χ1v) is 7.20. The Hall–Kier alpha value is -0.610. The molecule has 0 aliphatic heterocycles. The minimum absolute atomic E-state index is 0.149. The van der Waals surface area contributed by atoms with Gasteiger partial charge in [0.25, 0.3) is 0 Å². The van der Waals surface area contributed by atoms with Gasteiger partial charge in [-0.25, -0.2) is 8.78 Å². The lowest BCUT2D eigenvalue weighted by Crippen LogP contribution is -2.36. The molecule has 0 saturated carbocycles. The number of hydrogen-bond donors (Lipinski definition) is 1. The molecular weight excluding hydrogens is 252 g/mol. The zero-order valence-electron chi connectivity index (χ0n) is 11.2. The largest absolute Gasteiger partial charge is 0.312 e. The number of rotatable bonds is 6. The quantitative estimate of drug-likeness (QED) is 0.615. The smallest absolute Gasteiger partial charge is 0.139 e. The van der Waals surface area contributed by atoms with Crippen LogP contribution in [0, 0.1) is 11.6 Å². The molecule has 0 atom stereocenters. The van der Waals surface area contributed by atoms with Crippen molar-refractivity contribution in [1.29, 1.82) is 0 Å². The highest BCUT2D eigenvalue weighted by Crippen LogP contribution is 2.23. The highest BCUT2D eigenvalue weighted by atomic mass is 32.2. The summed E-state index contributed by atoms with van der Waals surface area (Å²) in [5.74, 6) is -0.131. The van der Waals surface area contributed by atoms with Gasteiger partial charge < -0.3 is 5.32 Å². The Morgan fingerprint density at radius 3 is 2.50 bits per heavy atom. The topological polar surface area (TPSA) is 12.0 Å². The van der Waals surface area contributed by atoms with Gasteiger partial charge in [0.1, 0.15) is 11.6 Å². The van der Waals surface area contributed by atoms with E-state index in [-0.39, 0.29) is 5.54 Å². The van der Waals surface area contributed by atoms with Crippen molar-refractivity contribution >= 4 is 11.8 Å². The van der Waals surface area contributed by atoms with E-state index in [1.807, 2.05) is 0 Å². The molecule has 4 heteroatoms. The van der Waals surface area contributed by atoms with E-state index in [0.29, 0.717) is 4.90 Å². The molecule has 0 aromatic heterocycles. The van der Waals surface area contributed by atoms with Crippen LogP contribution in [0.2, 0.25) is 0 Å². The number of nitrogens with one attached hydrogen (secondary N) is 1. The fourth-order valence-electron chi connectivity index (χ4n) is 1.46. The molecule has 1 nitrogen and oxygen atoms in total. The summed E-state index contributed by atoms with van der Waals surface area (Å²) in [7, 11) is 0. The molecule has 1 rings (SSSR count). The third-order valence-corrected chi connectivity index (χ3v) is 3.51. The number of unbranched alkanes of at least 4 members (excludes halogenated alkanes) is 1. The Bertz CT molecular complexity index is 375. The van der Waals surface area contributed by atoms with Crippen LogP contribution in [0.4, 0.5) is 8.78 Å². The summed E-state index contributed by atoms with van der Waals surface area (Å²) in [4.78, 5) is 0.528. The van der Waals surface area contributed by atoms with E-state index in [2.05, 4.69) is 26.1 Å². The molecule has 0 heterocycles. The lowest BCUT2D eigenvalue weighted by molar-refractivity contribution is 0.421. The van der Waals surface area contributed by atoms with Gasteiger partial charge in [0.05, 0.1) is 0 Å². The summed E-state index contributed by atoms with van der Waals surface area (Å²) in [5.41, 5.74) is 0.149. The molecule has 1 N–H and O–H groups in total. The van der Waals surface area contributed by atoms with E-state index in [0.717, 1.165) is 31.2 Å². The first kappa shape index (κ1) is 15.4. The first-order chi connectivity index (χ1) is 8.38. The Labute approximate surface area is 112 Å². The predicted molar refractivity (Wildman–Crippen MR) is 74.1 cm³/mol. The van der Waals surface area contributed by atoms with Crippen LogP contribution in [-0.4, -0.2) is 17.8 Å². The zero-order chi connectivity index (χ0) is 13.6. The van der Waals surface area contributed by atoms with Crippen LogP contribution in [0.1, 0.15) is 33.6 Å². The second-order valence-electron chi connectivity index (χ2n) is 5.31. The second-order valence-corrected chi connectivity index (χ2v) is 6.44. The van der Waals surface area contributed by atoms with Crippen LogP contribution >= 0.6 is 11.8 Å². The Morgan fingerprint density at radius 2 is 1.89 bits per heavy atom. The molecule has 0 aliphatic carbocycles.